The molecule has 16 heavy (non-hydrogen) atoms. The van der Waals surface area contributed by atoms with Gasteiger partial charge < -0.3 is 0 Å². The maximum Gasteiger partial charge on any atom is 1.00 e. The smallest absolute Gasteiger partial charge is 0.184 e. The van der Waals surface area contributed by atoms with Gasteiger partial charge in [0, 0.05) is 0 Å². The largest absolute Gasteiger partial charge is 1.00 e. The van der Waals surface area contributed by atoms with Gasteiger partial charge >= 0.3 is 51.4 Å². The third-order valence-electron chi connectivity index (χ3n) is 2.10. The molecule has 0 spiro atoms. The Morgan fingerprint density at radius 3 is 1.69 bits per heavy atom. The molecule has 0 aromatic heterocycles. The minimum absolute atomic E-state index is 0. The molecule has 2 aromatic carbocycles. The molecule has 0 fully saturated rings. The van der Waals surface area contributed by atoms with Gasteiger partial charge in [-0.05, 0) is 12.5 Å². The molecule has 0 nitrogen and oxygen atoms in total. The minimum atomic E-state index is 0. The third kappa shape index (κ3) is 4.94. The first kappa shape index (κ1) is 16.1. The van der Waals surface area contributed by atoms with E-state index in [1.807, 2.05) is 26.0 Å². The van der Waals surface area contributed by atoms with E-state index >= 15 is 0 Å². The van der Waals surface area contributed by atoms with E-state index in [1.165, 1.54) is 16.7 Å². The molecule has 0 aliphatic heterocycles. The Labute approximate surface area is 142 Å². The second kappa shape index (κ2) is 9.14. The second-order valence-electron chi connectivity index (χ2n) is 3.15. The Morgan fingerprint density at radius 1 is 0.750 bits per heavy atom. The topological polar surface area (TPSA) is 0 Å². The summed E-state index contributed by atoms with van der Waals surface area (Å²) in [4.78, 5) is 0. The van der Waals surface area contributed by atoms with Crippen molar-refractivity contribution in [3.8, 4) is 11.1 Å². The van der Waals surface area contributed by atoms with Gasteiger partial charge in [-0.1, -0.05) is 43.7 Å². The average Bonchev–Trinajstić information content (AvgIpc) is 2.34. The molecule has 0 bridgehead atoms. The molecule has 0 amide bonds. The third-order valence-corrected chi connectivity index (χ3v) is 2.10. The minimum Gasteiger partial charge on any atom is -0.184 e. The van der Waals surface area contributed by atoms with E-state index in [2.05, 4.69) is 49.4 Å². The first-order valence-corrected chi connectivity index (χ1v) is 5.39. The van der Waals surface area contributed by atoms with Crippen LogP contribution >= 0.6 is 0 Å². The van der Waals surface area contributed by atoms with Crippen LogP contribution < -0.4 is 51.4 Å². The molecule has 78 valence electrons. The van der Waals surface area contributed by atoms with Gasteiger partial charge in [-0.15, -0.1) is 5.56 Å². The molecule has 0 N–H and O–H groups in total. The maximum atomic E-state index is 3.01. The molecule has 1 heteroatoms. The quantitative estimate of drug-likeness (QED) is 0.520. The van der Waals surface area contributed by atoms with E-state index < -0.39 is 0 Å². The summed E-state index contributed by atoms with van der Waals surface area (Å²) in [6, 6.07) is 19.6. The standard InChI is InChI=1S/C13H11.C2H6.K/c1-11-7-9-13(10-8-11)12-5-3-2-4-6-12;1-2;/h3-10H,1H3;1-2H3;/q-1;;+1. The van der Waals surface area contributed by atoms with Gasteiger partial charge in [0.25, 0.3) is 0 Å². The van der Waals surface area contributed by atoms with Crippen LogP contribution in [0.15, 0.2) is 48.5 Å². The Kier molecular flexibility index (Phi) is 9.19. The normalized spacial score (nSPS) is 8.44. The first-order chi connectivity index (χ1) is 7.36. The van der Waals surface area contributed by atoms with Crippen LogP contribution in [0.3, 0.4) is 0 Å². The van der Waals surface area contributed by atoms with Crippen LogP contribution in [0.4, 0.5) is 0 Å². The average molecular weight is 236 g/mol. The zero-order valence-corrected chi connectivity index (χ0v) is 13.7. The summed E-state index contributed by atoms with van der Waals surface area (Å²) in [6.07, 6.45) is 0. The van der Waals surface area contributed by atoms with Crippen molar-refractivity contribution in [3.63, 3.8) is 0 Å². The molecule has 0 radical (unpaired) electrons. The summed E-state index contributed by atoms with van der Waals surface area (Å²) in [5.74, 6) is 0. The molecule has 0 saturated carbocycles. The predicted octanol–water partition coefficient (Wildman–Crippen LogP) is 1.49. The Balaban J connectivity index is 0.000000711. The Morgan fingerprint density at radius 2 is 1.19 bits per heavy atom. The molecule has 0 saturated heterocycles. The van der Waals surface area contributed by atoms with Crippen LogP contribution in [0.2, 0.25) is 0 Å². The van der Waals surface area contributed by atoms with Gasteiger partial charge in [0.2, 0.25) is 0 Å². The molecule has 0 aliphatic carbocycles. The van der Waals surface area contributed by atoms with Crippen LogP contribution in [0.1, 0.15) is 19.4 Å². The zero-order valence-electron chi connectivity index (χ0n) is 10.6. The molecular formula is C15H17K. The van der Waals surface area contributed by atoms with E-state index in [0.717, 1.165) is 0 Å². The molecule has 0 unspecified atom stereocenters. The monoisotopic (exact) mass is 236 g/mol. The first-order valence-electron chi connectivity index (χ1n) is 5.39. The van der Waals surface area contributed by atoms with Crippen molar-refractivity contribution < 1.29 is 51.4 Å². The number of benzene rings is 2. The molecule has 0 atom stereocenters. The summed E-state index contributed by atoms with van der Waals surface area (Å²) < 4.78 is 0. The van der Waals surface area contributed by atoms with Crippen LogP contribution in [-0.4, -0.2) is 0 Å². The maximum absolute atomic E-state index is 3.01. The van der Waals surface area contributed by atoms with Crippen molar-refractivity contribution in [2.45, 2.75) is 20.8 Å². The van der Waals surface area contributed by atoms with Gasteiger partial charge in [0.15, 0.2) is 0 Å². The van der Waals surface area contributed by atoms with Crippen LogP contribution in [0, 0.1) is 13.0 Å². The SMILES string of the molecule is CC.Cc1ccc(-c2cc[c-]cc2)cc1.[K+]. The van der Waals surface area contributed by atoms with E-state index in [0.29, 0.717) is 0 Å². The van der Waals surface area contributed by atoms with Crippen molar-refractivity contribution in [1.29, 1.82) is 0 Å². The molecule has 2 aromatic rings. The second-order valence-corrected chi connectivity index (χ2v) is 3.15. The summed E-state index contributed by atoms with van der Waals surface area (Å²) in [6.45, 7) is 6.10. The van der Waals surface area contributed by atoms with E-state index in [1.54, 1.807) is 0 Å². The summed E-state index contributed by atoms with van der Waals surface area (Å²) in [5, 5.41) is 0. The predicted molar refractivity (Wildman–Crippen MR) is 66.8 cm³/mol. The fourth-order valence-electron chi connectivity index (χ4n) is 1.33. The summed E-state index contributed by atoms with van der Waals surface area (Å²) >= 11 is 0. The van der Waals surface area contributed by atoms with Crippen molar-refractivity contribution in [3.05, 3.63) is 60.2 Å². The van der Waals surface area contributed by atoms with Gasteiger partial charge in [0.1, 0.15) is 0 Å². The fraction of sp³-hybridized carbons (Fsp3) is 0.200. The number of rotatable bonds is 1. The van der Waals surface area contributed by atoms with Crippen molar-refractivity contribution in [2.75, 3.05) is 0 Å². The molecule has 0 heterocycles. The molecular weight excluding hydrogens is 219 g/mol. The summed E-state index contributed by atoms with van der Waals surface area (Å²) in [5.41, 5.74) is 3.81. The number of hydrogen-bond acceptors (Lipinski definition) is 0. The Hall–Kier alpha value is 0.0764. The van der Waals surface area contributed by atoms with Gasteiger partial charge in [-0.2, -0.15) is 30.3 Å². The molecule has 0 aliphatic rings. The van der Waals surface area contributed by atoms with E-state index in [-0.39, 0.29) is 51.4 Å². The van der Waals surface area contributed by atoms with Crippen LogP contribution in [0.5, 0.6) is 0 Å². The fourth-order valence-corrected chi connectivity index (χ4v) is 1.33. The number of aryl methyl sites for hydroxylation is 1. The van der Waals surface area contributed by atoms with Gasteiger partial charge in [-0.25, -0.2) is 0 Å². The van der Waals surface area contributed by atoms with Gasteiger partial charge in [0.05, 0.1) is 0 Å². The number of hydrogen-bond donors (Lipinski definition) is 0. The molecule has 2 rings (SSSR count). The van der Waals surface area contributed by atoms with Gasteiger partial charge in [-0.3, -0.25) is 0 Å². The van der Waals surface area contributed by atoms with Crippen molar-refractivity contribution in [2.24, 2.45) is 0 Å². The Bertz CT molecular complexity index is 376. The van der Waals surface area contributed by atoms with E-state index in [4.69, 9.17) is 0 Å². The van der Waals surface area contributed by atoms with Crippen molar-refractivity contribution in [1.82, 2.24) is 0 Å². The van der Waals surface area contributed by atoms with E-state index in [9.17, 15) is 0 Å². The van der Waals surface area contributed by atoms with Crippen LogP contribution in [0.25, 0.3) is 11.1 Å². The zero-order chi connectivity index (χ0) is 11.1. The van der Waals surface area contributed by atoms with Crippen molar-refractivity contribution >= 4 is 0 Å². The summed E-state index contributed by atoms with van der Waals surface area (Å²) in [7, 11) is 0. The van der Waals surface area contributed by atoms with Crippen LogP contribution in [-0.2, 0) is 0 Å².